The maximum absolute atomic E-state index is 13.2. The van der Waals surface area contributed by atoms with Crippen LogP contribution in [-0.2, 0) is 14.4 Å². The molecule has 234 valence electrons. The van der Waals surface area contributed by atoms with Crippen molar-refractivity contribution in [2.45, 2.75) is 31.3 Å². The van der Waals surface area contributed by atoms with E-state index in [1.165, 1.54) is 0 Å². The third-order valence-electron chi connectivity index (χ3n) is 10.7. The smallest absolute Gasteiger partial charge is 0.335 e. The van der Waals surface area contributed by atoms with E-state index in [9.17, 15) is 24.3 Å². The summed E-state index contributed by atoms with van der Waals surface area (Å²) in [5, 5.41) is 18.9. The fourth-order valence-electron chi connectivity index (χ4n) is 8.12. The van der Waals surface area contributed by atoms with Crippen molar-refractivity contribution in [2.24, 2.45) is 23.7 Å². The minimum absolute atomic E-state index is 0.0147. The number of benzene rings is 2. The highest BCUT2D eigenvalue weighted by atomic mass is 16.4. The Morgan fingerprint density at radius 3 is 2.47 bits per heavy atom. The molecule has 10 nitrogen and oxygen atoms in total. The summed E-state index contributed by atoms with van der Waals surface area (Å²) < 4.78 is 0. The van der Waals surface area contributed by atoms with E-state index < -0.39 is 23.3 Å². The minimum atomic E-state index is -1.27. The lowest BCUT2D eigenvalue weighted by molar-refractivity contribution is -0.140. The number of fused-ring (bicyclic) bond motifs is 1. The maximum Gasteiger partial charge on any atom is 0.335 e. The zero-order valence-corrected chi connectivity index (χ0v) is 25.4. The van der Waals surface area contributed by atoms with Crippen LogP contribution in [0.4, 0.5) is 5.69 Å². The average molecular weight is 610 g/mol. The number of carbonyl (C=O) groups is 4. The number of carbonyl (C=O) groups excluding carboxylic acids is 3. The van der Waals surface area contributed by atoms with Gasteiger partial charge in [-0.25, -0.2) is 4.79 Å². The summed E-state index contributed by atoms with van der Waals surface area (Å²) in [5.41, 5.74) is 3.70. The predicted molar refractivity (Wildman–Crippen MR) is 169 cm³/mol. The second-order valence-corrected chi connectivity index (χ2v) is 13.1. The van der Waals surface area contributed by atoms with Crippen molar-refractivity contribution in [3.8, 4) is 0 Å². The van der Waals surface area contributed by atoms with Crippen LogP contribution >= 0.6 is 0 Å². The number of dihydropyridines is 1. The Labute approximate surface area is 262 Å². The van der Waals surface area contributed by atoms with Crippen molar-refractivity contribution in [1.82, 2.24) is 20.9 Å². The highest BCUT2D eigenvalue weighted by Gasteiger charge is 2.57. The van der Waals surface area contributed by atoms with Crippen LogP contribution in [-0.4, -0.2) is 84.9 Å². The van der Waals surface area contributed by atoms with Crippen molar-refractivity contribution in [3.05, 3.63) is 83.1 Å². The lowest BCUT2D eigenvalue weighted by Gasteiger charge is -2.47. The van der Waals surface area contributed by atoms with Crippen molar-refractivity contribution >= 4 is 35.3 Å². The van der Waals surface area contributed by atoms with E-state index in [0.29, 0.717) is 36.3 Å². The number of piperidine rings is 2. The van der Waals surface area contributed by atoms with Gasteiger partial charge >= 0.3 is 5.97 Å². The van der Waals surface area contributed by atoms with Crippen LogP contribution in [0.5, 0.6) is 0 Å². The van der Waals surface area contributed by atoms with Crippen LogP contribution in [0.2, 0.25) is 0 Å². The highest BCUT2D eigenvalue weighted by Crippen LogP contribution is 2.53. The highest BCUT2D eigenvalue weighted by molar-refractivity contribution is 6.02. The molecule has 5 unspecified atom stereocenters. The number of allylic oxidation sites excluding steroid dienone is 2. The fraction of sp³-hybridized carbons (Fsp3) is 0.429. The molecule has 45 heavy (non-hydrogen) atoms. The van der Waals surface area contributed by atoms with E-state index in [-0.39, 0.29) is 18.4 Å². The van der Waals surface area contributed by atoms with Gasteiger partial charge in [0.2, 0.25) is 11.8 Å². The van der Waals surface area contributed by atoms with E-state index >= 15 is 0 Å². The number of anilines is 1. The molecule has 2 amide bonds. The molecule has 10 heteroatoms. The van der Waals surface area contributed by atoms with Crippen LogP contribution in [0, 0.1) is 23.7 Å². The summed E-state index contributed by atoms with van der Waals surface area (Å²) in [4.78, 5) is 54.6. The molecule has 3 saturated heterocycles. The lowest BCUT2D eigenvalue weighted by atomic mass is 9.70. The number of amides is 2. The molecule has 0 radical (unpaired) electrons. The van der Waals surface area contributed by atoms with Gasteiger partial charge in [-0.05, 0) is 78.1 Å². The van der Waals surface area contributed by atoms with Crippen molar-refractivity contribution in [1.29, 1.82) is 0 Å². The second kappa shape index (κ2) is 11.6. The molecule has 4 N–H and O–H groups in total. The number of hydrogen-bond acceptors (Lipinski definition) is 8. The number of carboxylic acid groups (broad SMARTS) is 1. The summed E-state index contributed by atoms with van der Waals surface area (Å²) in [6, 6.07) is 17.1. The largest absolute Gasteiger partial charge is 0.478 e. The molecule has 2 aromatic carbocycles. The van der Waals surface area contributed by atoms with Gasteiger partial charge < -0.3 is 25.4 Å². The van der Waals surface area contributed by atoms with Crippen LogP contribution in [0.3, 0.4) is 0 Å². The summed E-state index contributed by atoms with van der Waals surface area (Å²) >= 11 is 0. The van der Waals surface area contributed by atoms with Gasteiger partial charge in [-0.15, -0.1) is 0 Å². The molecule has 0 spiro atoms. The molecule has 0 bridgehead atoms. The Balaban J connectivity index is 1.13. The number of aldehydes is 1. The fourth-order valence-corrected chi connectivity index (χ4v) is 8.12. The molecule has 1 aliphatic carbocycles. The van der Waals surface area contributed by atoms with Crippen LogP contribution in [0.1, 0.15) is 35.7 Å². The van der Waals surface area contributed by atoms with E-state index in [1.807, 2.05) is 49.4 Å². The minimum Gasteiger partial charge on any atom is -0.478 e. The molecule has 0 aromatic heterocycles. The SMILES string of the molecule is CC1=C(c2ccccc2)C=C(C2CNCCN2CC2C3CN(c4ccc(C(=O)O)cc4)CC32)NC1(C=O)C1CCC(=O)NC1=O. The number of rotatable bonds is 8. The first-order valence-electron chi connectivity index (χ1n) is 15.9. The lowest BCUT2D eigenvalue weighted by Crippen LogP contribution is -2.64. The van der Waals surface area contributed by atoms with E-state index in [4.69, 9.17) is 0 Å². The number of imide groups is 1. The number of hydrogen-bond donors (Lipinski definition) is 4. The first-order valence-corrected chi connectivity index (χ1v) is 15.9. The standard InChI is InChI=1S/C35H39N5O5/c1-21-25(22-5-3-2-4-6-22)15-30(38-35(21,20-41)29-11-12-32(42)37-33(29)43)31-16-36-13-14-39(31)17-26-27-18-40(19-28(26)27)24-9-7-23(8-10-24)34(44)45/h2-10,15,20,26-29,31,36,38H,11-14,16-19H2,1H3,(H,44,45)(H,37,42,43). The molecule has 2 aromatic rings. The third-order valence-corrected chi connectivity index (χ3v) is 10.7. The Hall–Kier alpha value is -4.28. The van der Waals surface area contributed by atoms with Gasteiger partial charge in [0.1, 0.15) is 11.8 Å². The van der Waals surface area contributed by atoms with Gasteiger partial charge in [0.15, 0.2) is 0 Å². The van der Waals surface area contributed by atoms with Crippen molar-refractivity contribution in [2.75, 3.05) is 44.2 Å². The molecular formula is C35H39N5O5. The first kappa shape index (κ1) is 29.4. The number of nitrogens with one attached hydrogen (secondary N) is 3. The van der Waals surface area contributed by atoms with E-state index in [1.54, 1.807) is 12.1 Å². The number of nitrogens with zero attached hydrogens (tertiary/aromatic N) is 2. The molecule has 7 rings (SSSR count). The Morgan fingerprint density at radius 1 is 1.07 bits per heavy atom. The quantitative estimate of drug-likeness (QED) is 0.263. The monoisotopic (exact) mass is 609 g/mol. The van der Waals surface area contributed by atoms with E-state index in [0.717, 1.165) is 67.1 Å². The summed E-state index contributed by atoms with van der Waals surface area (Å²) in [6.07, 6.45) is 3.53. The van der Waals surface area contributed by atoms with Crippen molar-refractivity contribution < 1.29 is 24.3 Å². The second-order valence-electron chi connectivity index (χ2n) is 13.1. The van der Waals surface area contributed by atoms with E-state index in [2.05, 4.69) is 31.8 Å². The summed E-state index contributed by atoms with van der Waals surface area (Å²) in [7, 11) is 0. The van der Waals surface area contributed by atoms with Gasteiger partial charge in [0, 0.05) is 57.1 Å². The molecule has 1 saturated carbocycles. The molecule has 5 aliphatic rings. The Morgan fingerprint density at radius 2 is 1.80 bits per heavy atom. The van der Waals surface area contributed by atoms with Crippen LogP contribution in [0.15, 0.2) is 71.9 Å². The topological polar surface area (TPSA) is 131 Å². The summed E-state index contributed by atoms with van der Waals surface area (Å²) in [6.45, 7) is 7.25. The average Bonchev–Trinajstić information content (AvgIpc) is 3.47. The maximum atomic E-state index is 13.2. The first-order chi connectivity index (χ1) is 21.8. The van der Waals surface area contributed by atoms with Crippen LogP contribution < -0.4 is 20.9 Å². The number of carboxylic acids is 1. The number of piperazine rings is 1. The number of aromatic carboxylic acids is 1. The normalized spacial score (nSPS) is 31.5. The predicted octanol–water partition coefficient (Wildman–Crippen LogP) is 2.29. The van der Waals surface area contributed by atoms with Gasteiger partial charge in [0.25, 0.3) is 0 Å². The van der Waals surface area contributed by atoms with Crippen LogP contribution in [0.25, 0.3) is 5.57 Å². The van der Waals surface area contributed by atoms with Gasteiger partial charge in [-0.2, -0.15) is 0 Å². The Kier molecular flexibility index (Phi) is 7.57. The molecular weight excluding hydrogens is 570 g/mol. The molecule has 5 atom stereocenters. The summed E-state index contributed by atoms with van der Waals surface area (Å²) in [5.74, 6) is -0.588. The van der Waals surface area contributed by atoms with Crippen molar-refractivity contribution in [3.63, 3.8) is 0 Å². The third kappa shape index (κ3) is 5.25. The Bertz CT molecular complexity index is 1580. The molecule has 4 fully saturated rings. The zero-order chi connectivity index (χ0) is 31.3. The zero-order valence-electron chi connectivity index (χ0n) is 25.4. The molecule has 4 aliphatic heterocycles. The van der Waals surface area contributed by atoms with Gasteiger partial charge in [-0.1, -0.05) is 30.3 Å². The molecule has 4 heterocycles. The van der Waals surface area contributed by atoms with Gasteiger partial charge in [0.05, 0.1) is 17.5 Å². The van der Waals surface area contributed by atoms with Gasteiger partial charge in [-0.3, -0.25) is 19.8 Å².